The molecule has 0 unspecified atom stereocenters. The summed E-state index contributed by atoms with van der Waals surface area (Å²) < 4.78 is 5.94. The third-order valence-corrected chi connectivity index (χ3v) is 3.91. The first-order chi connectivity index (χ1) is 11.2. The van der Waals surface area contributed by atoms with Crippen molar-refractivity contribution >= 4 is 29.7 Å². The van der Waals surface area contributed by atoms with Gasteiger partial charge in [-0.25, -0.2) is 0 Å². The third-order valence-electron chi connectivity index (χ3n) is 3.91. The van der Waals surface area contributed by atoms with E-state index in [0.29, 0.717) is 16.9 Å². The fourth-order valence-electron chi connectivity index (χ4n) is 2.60. The molecule has 2 aromatic carbocycles. The van der Waals surface area contributed by atoms with Crippen molar-refractivity contribution in [1.29, 1.82) is 0 Å². The van der Waals surface area contributed by atoms with Crippen molar-refractivity contribution in [3.63, 3.8) is 0 Å². The molecule has 5 nitrogen and oxygen atoms in total. The summed E-state index contributed by atoms with van der Waals surface area (Å²) in [5, 5.41) is 6.12. The fourth-order valence-corrected chi connectivity index (χ4v) is 2.60. The summed E-state index contributed by atoms with van der Waals surface area (Å²) in [7, 11) is 0. The highest BCUT2D eigenvalue weighted by Gasteiger charge is 2.14. The van der Waals surface area contributed by atoms with Gasteiger partial charge in [0.15, 0.2) is 0 Å². The van der Waals surface area contributed by atoms with E-state index in [1.165, 1.54) is 0 Å². The highest BCUT2D eigenvalue weighted by Crippen LogP contribution is 2.20. The molecule has 1 amide bonds. The maximum absolute atomic E-state index is 12.3. The van der Waals surface area contributed by atoms with Crippen LogP contribution in [0.5, 0.6) is 5.75 Å². The van der Waals surface area contributed by atoms with E-state index in [9.17, 15) is 4.79 Å². The van der Waals surface area contributed by atoms with Gasteiger partial charge >= 0.3 is 0 Å². The number of para-hydroxylation sites is 2. The Morgan fingerprint density at radius 2 is 1.75 bits per heavy atom. The quantitative estimate of drug-likeness (QED) is 0.743. The molecule has 0 bridgehead atoms. The molecule has 1 saturated heterocycles. The SMILES string of the molecule is Cl.Nc1ccccc1NC(=O)c1ccc(OC2CCNCC2)cc1. The number of nitrogens with two attached hydrogens (primary N) is 1. The van der Waals surface area contributed by atoms with E-state index in [0.717, 1.165) is 31.7 Å². The number of nitrogens with one attached hydrogen (secondary N) is 2. The van der Waals surface area contributed by atoms with E-state index in [4.69, 9.17) is 10.5 Å². The van der Waals surface area contributed by atoms with Crippen molar-refractivity contribution in [2.24, 2.45) is 0 Å². The number of nitrogen functional groups attached to an aromatic ring is 1. The van der Waals surface area contributed by atoms with Gasteiger partial charge in [-0.1, -0.05) is 12.1 Å². The lowest BCUT2D eigenvalue weighted by molar-refractivity contribution is 0.102. The van der Waals surface area contributed by atoms with Crippen LogP contribution < -0.4 is 21.1 Å². The van der Waals surface area contributed by atoms with Crippen molar-refractivity contribution in [3.8, 4) is 5.75 Å². The largest absolute Gasteiger partial charge is 0.490 e. The van der Waals surface area contributed by atoms with Gasteiger partial charge in [0.05, 0.1) is 11.4 Å². The second-order valence-electron chi connectivity index (χ2n) is 5.63. The normalized spacial score (nSPS) is 14.5. The molecule has 0 spiro atoms. The molecule has 1 heterocycles. The van der Waals surface area contributed by atoms with Gasteiger partial charge in [0, 0.05) is 5.56 Å². The van der Waals surface area contributed by atoms with Gasteiger partial charge in [-0.15, -0.1) is 12.4 Å². The van der Waals surface area contributed by atoms with Crippen LogP contribution in [0, 0.1) is 0 Å². The molecule has 0 saturated carbocycles. The number of ether oxygens (including phenoxy) is 1. The second kappa shape index (κ2) is 8.57. The fraction of sp³-hybridized carbons (Fsp3) is 0.278. The van der Waals surface area contributed by atoms with E-state index in [-0.39, 0.29) is 24.4 Å². The zero-order valence-corrected chi connectivity index (χ0v) is 14.1. The van der Waals surface area contributed by atoms with Gasteiger partial charge in [-0.05, 0) is 62.3 Å². The number of piperidine rings is 1. The molecule has 4 N–H and O–H groups in total. The first-order valence-electron chi connectivity index (χ1n) is 7.85. The van der Waals surface area contributed by atoms with Crippen LogP contribution in [0.1, 0.15) is 23.2 Å². The maximum Gasteiger partial charge on any atom is 0.255 e. The molecular formula is C18H22ClN3O2. The van der Waals surface area contributed by atoms with Crippen LogP contribution in [-0.4, -0.2) is 25.1 Å². The molecule has 6 heteroatoms. The van der Waals surface area contributed by atoms with Crippen LogP contribution in [-0.2, 0) is 0 Å². The highest BCUT2D eigenvalue weighted by atomic mass is 35.5. The number of rotatable bonds is 4. The van der Waals surface area contributed by atoms with Crippen LogP contribution in [0.2, 0.25) is 0 Å². The van der Waals surface area contributed by atoms with Gasteiger partial charge in [-0.3, -0.25) is 4.79 Å². The average molecular weight is 348 g/mol. The maximum atomic E-state index is 12.3. The van der Waals surface area contributed by atoms with Crippen LogP contribution >= 0.6 is 12.4 Å². The Morgan fingerprint density at radius 1 is 1.08 bits per heavy atom. The number of carbonyl (C=O) groups is 1. The number of hydrogen-bond acceptors (Lipinski definition) is 4. The summed E-state index contributed by atoms with van der Waals surface area (Å²) >= 11 is 0. The van der Waals surface area contributed by atoms with Crippen LogP contribution in [0.15, 0.2) is 48.5 Å². The first-order valence-corrected chi connectivity index (χ1v) is 7.85. The molecule has 0 aromatic heterocycles. The number of halogens is 1. The summed E-state index contributed by atoms with van der Waals surface area (Å²) in [5.41, 5.74) is 7.58. The van der Waals surface area contributed by atoms with E-state index in [1.54, 1.807) is 24.3 Å². The lowest BCUT2D eigenvalue weighted by atomic mass is 10.1. The van der Waals surface area contributed by atoms with Gasteiger partial charge in [0.2, 0.25) is 0 Å². The Kier molecular flexibility index (Phi) is 6.46. The lowest BCUT2D eigenvalue weighted by Crippen LogP contribution is -2.34. The van der Waals surface area contributed by atoms with Crippen LogP contribution in [0.4, 0.5) is 11.4 Å². The molecule has 128 valence electrons. The van der Waals surface area contributed by atoms with Crippen LogP contribution in [0.3, 0.4) is 0 Å². The molecule has 0 radical (unpaired) electrons. The third kappa shape index (κ3) is 4.63. The highest BCUT2D eigenvalue weighted by molar-refractivity contribution is 6.05. The molecule has 0 atom stereocenters. The summed E-state index contributed by atoms with van der Waals surface area (Å²) in [6.45, 7) is 1.98. The van der Waals surface area contributed by atoms with Gasteiger partial charge < -0.3 is 21.1 Å². The Bertz CT molecular complexity index is 670. The van der Waals surface area contributed by atoms with Crippen LogP contribution in [0.25, 0.3) is 0 Å². The van der Waals surface area contributed by atoms with Crippen molar-refractivity contribution in [3.05, 3.63) is 54.1 Å². The minimum absolute atomic E-state index is 0. The molecule has 1 aliphatic rings. The number of carbonyl (C=O) groups excluding carboxylic acids is 1. The topological polar surface area (TPSA) is 76.4 Å². The minimum atomic E-state index is -0.184. The number of benzene rings is 2. The monoisotopic (exact) mass is 347 g/mol. The summed E-state index contributed by atoms with van der Waals surface area (Å²) in [6.07, 6.45) is 2.27. The summed E-state index contributed by atoms with van der Waals surface area (Å²) in [5.74, 6) is 0.615. The zero-order valence-electron chi connectivity index (χ0n) is 13.3. The van der Waals surface area contributed by atoms with Crippen molar-refractivity contribution in [1.82, 2.24) is 5.32 Å². The standard InChI is InChI=1S/C18H21N3O2.ClH/c19-16-3-1-2-4-17(16)21-18(22)13-5-7-14(8-6-13)23-15-9-11-20-12-10-15;/h1-8,15,20H,9-12,19H2,(H,21,22);1H. The number of amides is 1. The summed E-state index contributed by atoms with van der Waals surface area (Å²) in [4.78, 5) is 12.3. The molecule has 2 aromatic rings. The summed E-state index contributed by atoms with van der Waals surface area (Å²) in [6, 6.07) is 14.4. The first kappa shape index (κ1) is 18.1. The Balaban J connectivity index is 0.00000208. The number of anilines is 2. The Hall–Kier alpha value is -2.24. The molecule has 24 heavy (non-hydrogen) atoms. The minimum Gasteiger partial charge on any atom is -0.490 e. The van der Waals surface area contributed by atoms with Gasteiger partial charge in [0.1, 0.15) is 11.9 Å². The van der Waals surface area contributed by atoms with Gasteiger partial charge in [-0.2, -0.15) is 0 Å². The molecule has 1 aliphatic heterocycles. The van der Waals surface area contributed by atoms with E-state index >= 15 is 0 Å². The zero-order chi connectivity index (χ0) is 16.1. The predicted octanol–water partition coefficient (Wildman–Crippen LogP) is 3.07. The predicted molar refractivity (Wildman–Crippen MR) is 99.0 cm³/mol. The Labute approximate surface area is 148 Å². The molecular weight excluding hydrogens is 326 g/mol. The molecule has 0 aliphatic carbocycles. The average Bonchev–Trinajstić information content (AvgIpc) is 2.58. The molecule has 3 rings (SSSR count). The Morgan fingerprint density at radius 3 is 2.42 bits per heavy atom. The number of hydrogen-bond donors (Lipinski definition) is 3. The smallest absolute Gasteiger partial charge is 0.255 e. The van der Waals surface area contributed by atoms with Crippen molar-refractivity contribution in [2.45, 2.75) is 18.9 Å². The second-order valence-corrected chi connectivity index (χ2v) is 5.63. The van der Waals surface area contributed by atoms with Crippen molar-refractivity contribution < 1.29 is 9.53 Å². The molecule has 1 fully saturated rings. The van der Waals surface area contributed by atoms with E-state index in [1.807, 2.05) is 24.3 Å². The van der Waals surface area contributed by atoms with E-state index < -0.39 is 0 Å². The van der Waals surface area contributed by atoms with E-state index in [2.05, 4.69) is 10.6 Å². The van der Waals surface area contributed by atoms with Crippen molar-refractivity contribution in [2.75, 3.05) is 24.1 Å². The van der Waals surface area contributed by atoms with Gasteiger partial charge in [0.25, 0.3) is 5.91 Å². The lowest BCUT2D eigenvalue weighted by Gasteiger charge is -2.23.